The number of hydrogen-bond donors (Lipinski definition) is 3. The van der Waals surface area contributed by atoms with Crippen LogP contribution in [-0.4, -0.2) is 31.8 Å². The molecule has 0 saturated carbocycles. The predicted molar refractivity (Wildman–Crippen MR) is 115 cm³/mol. The van der Waals surface area contributed by atoms with E-state index in [-0.39, 0.29) is 5.02 Å². The molecule has 4 rings (SSSR count). The maximum atomic E-state index is 12.8. The summed E-state index contributed by atoms with van der Waals surface area (Å²) in [6.07, 6.45) is -2.54. The number of fused-ring (bicyclic) bond motifs is 1. The zero-order valence-electron chi connectivity index (χ0n) is 16.3. The van der Waals surface area contributed by atoms with Crippen molar-refractivity contribution in [2.75, 3.05) is 11.9 Å². The summed E-state index contributed by atoms with van der Waals surface area (Å²) in [6, 6.07) is 11.3. The minimum absolute atomic E-state index is 0.263. The van der Waals surface area contributed by atoms with Gasteiger partial charge >= 0.3 is 6.18 Å². The fourth-order valence-corrected chi connectivity index (χ4v) is 3.37. The molecular formula is C22H16ClF3N4O2. The minimum atomic E-state index is -4.40. The second-order valence-corrected chi connectivity index (χ2v) is 7.33. The summed E-state index contributed by atoms with van der Waals surface area (Å²) in [5.74, 6) is 0.432. The van der Waals surface area contributed by atoms with Crippen LogP contribution in [0.5, 0.6) is 0 Å². The summed E-state index contributed by atoms with van der Waals surface area (Å²) in [7, 11) is 0. The molecule has 0 bridgehead atoms. The van der Waals surface area contributed by atoms with Crippen LogP contribution in [0.1, 0.15) is 17.2 Å². The first-order chi connectivity index (χ1) is 15.3. The Morgan fingerprint density at radius 1 is 1.03 bits per heavy atom. The molecule has 0 saturated heterocycles. The molecule has 1 atom stereocenters. The molecule has 0 aliphatic carbocycles. The number of nitrogens with zero attached hydrogens (tertiary/aromatic N) is 3. The molecule has 0 spiro atoms. The van der Waals surface area contributed by atoms with Gasteiger partial charge in [-0.2, -0.15) is 13.2 Å². The topological polar surface area (TPSA) is 91.2 Å². The third-order valence-corrected chi connectivity index (χ3v) is 5.04. The molecule has 0 radical (unpaired) electrons. The van der Waals surface area contributed by atoms with Gasteiger partial charge in [-0.05, 0) is 48.5 Å². The van der Waals surface area contributed by atoms with Crippen LogP contribution in [0.2, 0.25) is 5.02 Å². The van der Waals surface area contributed by atoms with E-state index in [4.69, 9.17) is 16.7 Å². The molecule has 0 unspecified atom stereocenters. The second-order valence-electron chi connectivity index (χ2n) is 6.92. The molecule has 6 nitrogen and oxygen atoms in total. The Balaban J connectivity index is 1.64. The summed E-state index contributed by atoms with van der Waals surface area (Å²) in [5, 5.41) is 22.7. The number of aliphatic hydroxyl groups excluding tert-OH is 2. The summed E-state index contributed by atoms with van der Waals surface area (Å²) in [6.45, 7) is -0.451. The number of rotatable bonds is 5. The highest BCUT2D eigenvalue weighted by Gasteiger charge is 2.30. The first-order valence-corrected chi connectivity index (χ1v) is 9.79. The third kappa shape index (κ3) is 4.50. The fraction of sp³-hybridized carbons (Fsp3) is 0.136. The molecule has 0 amide bonds. The van der Waals surface area contributed by atoms with Gasteiger partial charge in [0, 0.05) is 29.0 Å². The van der Waals surface area contributed by atoms with Gasteiger partial charge in [-0.15, -0.1) is 0 Å². The van der Waals surface area contributed by atoms with Gasteiger partial charge in [0.25, 0.3) is 0 Å². The average molecular weight is 461 g/mol. The molecule has 10 heteroatoms. The van der Waals surface area contributed by atoms with Crippen molar-refractivity contribution in [2.45, 2.75) is 12.3 Å². The van der Waals surface area contributed by atoms with E-state index in [1.54, 1.807) is 18.2 Å². The Morgan fingerprint density at radius 2 is 1.78 bits per heavy atom. The highest BCUT2D eigenvalue weighted by molar-refractivity contribution is 6.33. The molecule has 0 aliphatic rings. The summed E-state index contributed by atoms with van der Waals surface area (Å²) in [4.78, 5) is 13.1. The van der Waals surface area contributed by atoms with Crippen molar-refractivity contribution < 1.29 is 23.4 Å². The fourth-order valence-electron chi connectivity index (χ4n) is 3.09. The number of halogens is 4. The lowest BCUT2D eigenvalue weighted by Crippen LogP contribution is -2.04. The zero-order chi connectivity index (χ0) is 22.9. The Bertz CT molecular complexity index is 1270. The Labute approximate surface area is 185 Å². The Morgan fingerprint density at radius 3 is 2.44 bits per heavy atom. The van der Waals surface area contributed by atoms with E-state index < -0.39 is 24.5 Å². The number of aliphatic hydroxyl groups is 2. The zero-order valence-corrected chi connectivity index (χ0v) is 17.1. The van der Waals surface area contributed by atoms with E-state index in [2.05, 4.69) is 20.3 Å². The maximum absolute atomic E-state index is 12.8. The molecule has 4 aromatic rings. The monoisotopic (exact) mass is 460 g/mol. The van der Waals surface area contributed by atoms with Crippen molar-refractivity contribution in [1.29, 1.82) is 0 Å². The van der Waals surface area contributed by atoms with Crippen molar-refractivity contribution in [3.8, 4) is 11.4 Å². The molecule has 164 valence electrons. The quantitative estimate of drug-likeness (QED) is 0.382. The molecule has 3 heterocycles. The lowest BCUT2D eigenvalue weighted by Gasteiger charge is -2.12. The van der Waals surface area contributed by atoms with Crippen molar-refractivity contribution in [1.82, 2.24) is 15.0 Å². The molecule has 3 N–H and O–H groups in total. The number of benzene rings is 1. The summed E-state index contributed by atoms with van der Waals surface area (Å²) in [5.41, 5.74) is 1.56. The van der Waals surface area contributed by atoms with Gasteiger partial charge in [0.15, 0.2) is 0 Å². The maximum Gasteiger partial charge on any atom is 0.416 e. The predicted octanol–water partition coefficient (Wildman–Crippen LogP) is 5.13. The molecule has 32 heavy (non-hydrogen) atoms. The molecule has 0 fully saturated rings. The van der Waals surface area contributed by atoms with Gasteiger partial charge in [0.1, 0.15) is 17.6 Å². The molecular weight excluding hydrogens is 445 g/mol. The lowest BCUT2D eigenvalue weighted by atomic mass is 10.1. The van der Waals surface area contributed by atoms with Gasteiger partial charge < -0.3 is 15.5 Å². The average Bonchev–Trinajstić information content (AvgIpc) is 2.78. The van der Waals surface area contributed by atoms with Crippen molar-refractivity contribution in [2.24, 2.45) is 0 Å². The van der Waals surface area contributed by atoms with Crippen LogP contribution in [0.3, 0.4) is 0 Å². The number of anilines is 2. The Kier molecular flexibility index (Phi) is 5.96. The van der Waals surface area contributed by atoms with Gasteiger partial charge in [-0.1, -0.05) is 11.6 Å². The SMILES string of the molecule is OC[C@@H](O)c1cnc(-c2ccc3c(Nc4ccc(C(F)(F)F)cc4)nccc3n2)c(Cl)c1. The lowest BCUT2D eigenvalue weighted by molar-refractivity contribution is -0.137. The van der Waals surface area contributed by atoms with Crippen LogP contribution >= 0.6 is 11.6 Å². The highest BCUT2D eigenvalue weighted by Crippen LogP contribution is 2.32. The van der Waals surface area contributed by atoms with Crippen molar-refractivity contribution in [3.05, 3.63) is 77.1 Å². The van der Waals surface area contributed by atoms with E-state index in [0.29, 0.717) is 39.4 Å². The van der Waals surface area contributed by atoms with Crippen LogP contribution in [0.4, 0.5) is 24.7 Å². The normalized spacial score (nSPS) is 12.7. The number of pyridine rings is 3. The summed E-state index contributed by atoms with van der Waals surface area (Å²) >= 11 is 6.30. The van der Waals surface area contributed by atoms with E-state index in [1.807, 2.05) is 0 Å². The van der Waals surface area contributed by atoms with Crippen LogP contribution in [0.15, 0.2) is 60.9 Å². The third-order valence-electron chi connectivity index (χ3n) is 4.75. The second kappa shape index (κ2) is 8.70. The largest absolute Gasteiger partial charge is 0.416 e. The first kappa shape index (κ1) is 21.9. The number of aromatic nitrogens is 3. The number of nitrogens with one attached hydrogen (secondary N) is 1. The van der Waals surface area contributed by atoms with E-state index in [1.165, 1.54) is 30.6 Å². The van der Waals surface area contributed by atoms with E-state index in [9.17, 15) is 18.3 Å². The van der Waals surface area contributed by atoms with Gasteiger partial charge in [0.05, 0.1) is 28.4 Å². The van der Waals surface area contributed by atoms with E-state index >= 15 is 0 Å². The number of alkyl halides is 3. The van der Waals surface area contributed by atoms with Crippen molar-refractivity contribution >= 4 is 34.0 Å². The highest BCUT2D eigenvalue weighted by atomic mass is 35.5. The van der Waals surface area contributed by atoms with Crippen molar-refractivity contribution in [3.63, 3.8) is 0 Å². The molecule has 1 aromatic carbocycles. The smallest absolute Gasteiger partial charge is 0.393 e. The standard InChI is InChI=1S/C22H16ClF3N4O2/c23-16-9-12(19(32)11-31)10-28-20(16)18-6-5-15-17(30-18)7-8-27-21(15)29-14-3-1-13(2-4-14)22(24,25)26/h1-10,19,31-32H,11H2,(H,27,29)/t19-/m1/s1. The van der Waals surface area contributed by atoms with Gasteiger partial charge in [-0.3, -0.25) is 4.98 Å². The first-order valence-electron chi connectivity index (χ1n) is 9.41. The van der Waals surface area contributed by atoms with Crippen LogP contribution < -0.4 is 5.32 Å². The van der Waals surface area contributed by atoms with Crippen LogP contribution in [0, 0.1) is 0 Å². The van der Waals surface area contributed by atoms with Gasteiger partial charge in [0.2, 0.25) is 0 Å². The number of hydrogen-bond acceptors (Lipinski definition) is 6. The summed E-state index contributed by atoms with van der Waals surface area (Å²) < 4.78 is 38.3. The molecule has 3 aromatic heterocycles. The Hall–Kier alpha value is -3.27. The molecule has 0 aliphatic heterocycles. The van der Waals surface area contributed by atoms with Gasteiger partial charge in [-0.25, -0.2) is 9.97 Å². The van der Waals surface area contributed by atoms with Crippen LogP contribution in [-0.2, 0) is 6.18 Å². The van der Waals surface area contributed by atoms with E-state index in [0.717, 1.165) is 12.1 Å². The van der Waals surface area contributed by atoms with Crippen LogP contribution in [0.25, 0.3) is 22.3 Å². The minimum Gasteiger partial charge on any atom is -0.393 e.